The molecule has 1 aromatic rings. The monoisotopic (exact) mass is 233 g/mol. The van der Waals surface area contributed by atoms with Gasteiger partial charge >= 0.3 is 0 Å². The van der Waals surface area contributed by atoms with E-state index in [1.54, 1.807) is 6.20 Å². The molecule has 0 spiro atoms. The van der Waals surface area contributed by atoms with Crippen LogP contribution in [-0.4, -0.2) is 15.9 Å². The van der Waals surface area contributed by atoms with E-state index < -0.39 is 0 Å². The maximum Gasteiger partial charge on any atom is 0.0632 e. The lowest BCUT2D eigenvalue weighted by Crippen LogP contribution is -2.05. The molecule has 0 amide bonds. The molecule has 1 N–H and O–H groups in total. The first kappa shape index (κ1) is 13.8. The summed E-state index contributed by atoms with van der Waals surface area (Å²) in [4.78, 5) is 0. The fourth-order valence-electron chi connectivity index (χ4n) is 1.79. The number of hydrogen-bond acceptors (Lipinski definition) is 3. The van der Waals surface area contributed by atoms with E-state index in [1.807, 2.05) is 6.92 Å². The third-order valence-electron chi connectivity index (χ3n) is 3.10. The molecule has 0 aromatic carbocycles. The van der Waals surface area contributed by atoms with E-state index in [1.165, 1.54) is 18.4 Å². The van der Waals surface area contributed by atoms with Gasteiger partial charge in [-0.15, -0.1) is 0 Å². The van der Waals surface area contributed by atoms with Gasteiger partial charge < -0.3 is 5.41 Å². The summed E-state index contributed by atoms with van der Waals surface area (Å²) in [6, 6.07) is 2.05. The van der Waals surface area contributed by atoms with Crippen LogP contribution < -0.4 is 0 Å². The summed E-state index contributed by atoms with van der Waals surface area (Å²) in [6.07, 6.45) is 7.29. The zero-order chi connectivity index (χ0) is 12.7. The van der Waals surface area contributed by atoms with E-state index in [4.69, 9.17) is 5.41 Å². The highest BCUT2D eigenvalue weighted by atomic mass is 15.1. The van der Waals surface area contributed by atoms with Crippen LogP contribution in [-0.2, 0) is 6.42 Å². The predicted molar refractivity (Wildman–Crippen MR) is 71.5 cm³/mol. The van der Waals surface area contributed by atoms with Crippen molar-refractivity contribution < 1.29 is 0 Å². The molecule has 0 unspecified atom stereocenters. The summed E-state index contributed by atoms with van der Waals surface area (Å²) in [5.74, 6) is 0.404. The molecule has 17 heavy (non-hydrogen) atoms. The van der Waals surface area contributed by atoms with Gasteiger partial charge in [0.1, 0.15) is 0 Å². The summed E-state index contributed by atoms with van der Waals surface area (Å²) < 4.78 is 0. The van der Waals surface area contributed by atoms with Crippen molar-refractivity contribution in [2.75, 3.05) is 0 Å². The lowest BCUT2D eigenvalue weighted by molar-refractivity contribution is 0.677. The van der Waals surface area contributed by atoms with Crippen molar-refractivity contribution in [1.29, 1.82) is 5.41 Å². The smallest absolute Gasteiger partial charge is 0.0632 e. The molecule has 0 fully saturated rings. The maximum atomic E-state index is 7.76. The van der Waals surface area contributed by atoms with Crippen LogP contribution >= 0.6 is 0 Å². The second-order valence-electron chi connectivity index (χ2n) is 4.88. The first-order chi connectivity index (χ1) is 8.11. The number of nitrogens with zero attached hydrogens (tertiary/aromatic N) is 2. The van der Waals surface area contributed by atoms with Crippen LogP contribution in [0.5, 0.6) is 0 Å². The second-order valence-corrected chi connectivity index (χ2v) is 4.88. The first-order valence-electron chi connectivity index (χ1n) is 6.45. The number of aryl methyl sites for hydroxylation is 2. The molecule has 0 aliphatic carbocycles. The van der Waals surface area contributed by atoms with Crippen LogP contribution in [0.15, 0.2) is 12.3 Å². The summed E-state index contributed by atoms with van der Waals surface area (Å²) in [5, 5.41) is 15.7. The Labute approximate surface area is 104 Å². The minimum Gasteiger partial charge on any atom is -0.309 e. The number of unbranched alkanes of at least 4 members (excludes halogenated alkanes) is 2. The zero-order valence-electron chi connectivity index (χ0n) is 11.2. The van der Waals surface area contributed by atoms with E-state index >= 15 is 0 Å². The Morgan fingerprint density at radius 3 is 2.71 bits per heavy atom. The van der Waals surface area contributed by atoms with Crippen LogP contribution in [0.1, 0.15) is 50.8 Å². The minimum absolute atomic E-state index is 0.404. The largest absolute Gasteiger partial charge is 0.309 e. The molecule has 3 nitrogen and oxygen atoms in total. The fourth-order valence-corrected chi connectivity index (χ4v) is 1.79. The Kier molecular flexibility index (Phi) is 5.81. The summed E-state index contributed by atoms with van der Waals surface area (Å²) >= 11 is 0. The third-order valence-corrected chi connectivity index (χ3v) is 3.10. The van der Waals surface area contributed by atoms with Crippen molar-refractivity contribution >= 4 is 5.71 Å². The number of aromatic nitrogens is 2. The lowest BCUT2D eigenvalue weighted by atomic mass is 10.0. The molecule has 1 aromatic heterocycles. The normalized spacial score (nSPS) is 10.8. The predicted octanol–water partition coefficient (Wildman–Crippen LogP) is 3.56. The Bertz CT molecular complexity index is 358. The number of rotatable bonds is 7. The van der Waals surface area contributed by atoms with E-state index in [0.717, 1.165) is 30.7 Å². The van der Waals surface area contributed by atoms with Gasteiger partial charge in [-0.05, 0) is 50.2 Å². The van der Waals surface area contributed by atoms with Crippen LogP contribution in [0.25, 0.3) is 0 Å². The van der Waals surface area contributed by atoms with Crippen LogP contribution in [0, 0.1) is 18.3 Å². The van der Waals surface area contributed by atoms with Crippen LogP contribution in [0.3, 0.4) is 0 Å². The van der Waals surface area contributed by atoms with Gasteiger partial charge in [0, 0.05) is 11.9 Å². The molecular weight excluding hydrogens is 210 g/mol. The molecule has 94 valence electrons. The van der Waals surface area contributed by atoms with Gasteiger partial charge in [-0.25, -0.2) is 0 Å². The summed E-state index contributed by atoms with van der Waals surface area (Å²) in [5.41, 5.74) is 3.23. The number of nitrogens with one attached hydrogen (secondary N) is 1. The Morgan fingerprint density at radius 2 is 2.06 bits per heavy atom. The summed E-state index contributed by atoms with van der Waals surface area (Å²) in [7, 11) is 0. The molecule has 1 rings (SSSR count). The van der Waals surface area contributed by atoms with E-state index in [2.05, 4.69) is 30.1 Å². The molecule has 0 radical (unpaired) electrons. The minimum atomic E-state index is 0.404. The third kappa shape index (κ3) is 5.07. The summed E-state index contributed by atoms with van der Waals surface area (Å²) in [6.45, 7) is 6.19. The Balaban J connectivity index is 2.17. The first-order valence-corrected chi connectivity index (χ1v) is 6.45. The molecule has 0 atom stereocenters. The van der Waals surface area contributed by atoms with Gasteiger partial charge in [-0.1, -0.05) is 20.3 Å². The number of hydrogen-bond donors (Lipinski definition) is 1. The molecule has 0 saturated heterocycles. The van der Waals surface area contributed by atoms with Crippen molar-refractivity contribution in [3.05, 3.63) is 23.5 Å². The molecular formula is C14H23N3. The van der Waals surface area contributed by atoms with Gasteiger partial charge in [0.15, 0.2) is 0 Å². The molecule has 1 heterocycles. The SMILES string of the molecule is Cc1nnccc1CCCCCC(=N)C(C)C. The fraction of sp³-hybridized carbons (Fsp3) is 0.643. The highest BCUT2D eigenvalue weighted by Gasteiger charge is 2.03. The van der Waals surface area contributed by atoms with Crippen LogP contribution in [0.2, 0.25) is 0 Å². The van der Waals surface area contributed by atoms with Gasteiger partial charge in [-0.2, -0.15) is 10.2 Å². The van der Waals surface area contributed by atoms with Crippen LogP contribution in [0.4, 0.5) is 0 Å². The maximum absolute atomic E-state index is 7.76. The second kappa shape index (κ2) is 7.15. The zero-order valence-corrected chi connectivity index (χ0v) is 11.2. The molecule has 0 bridgehead atoms. The van der Waals surface area contributed by atoms with Gasteiger partial charge in [0.25, 0.3) is 0 Å². The van der Waals surface area contributed by atoms with Gasteiger partial charge in [0.05, 0.1) is 5.69 Å². The van der Waals surface area contributed by atoms with E-state index in [-0.39, 0.29) is 0 Å². The highest BCUT2D eigenvalue weighted by molar-refractivity contribution is 5.82. The van der Waals surface area contributed by atoms with Gasteiger partial charge in [-0.3, -0.25) is 0 Å². The average Bonchev–Trinajstić information content (AvgIpc) is 2.30. The van der Waals surface area contributed by atoms with Crippen molar-refractivity contribution in [2.45, 2.75) is 52.9 Å². The lowest BCUT2D eigenvalue weighted by Gasteiger charge is -2.07. The molecule has 3 heteroatoms. The van der Waals surface area contributed by atoms with Crippen molar-refractivity contribution in [3.8, 4) is 0 Å². The van der Waals surface area contributed by atoms with Gasteiger partial charge in [0.2, 0.25) is 0 Å². The quantitative estimate of drug-likeness (QED) is 0.578. The van der Waals surface area contributed by atoms with Crippen molar-refractivity contribution in [3.63, 3.8) is 0 Å². The molecule has 0 aliphatic rings. The molecule has 0 aliphatic heterocycles. The topological polar surface area (TPSA) is 49.6 Å². The Morgan fingerprint density at radius 1 is 1.29 bits per heavy atom. The Hall–Kier alpha value is -1.25. The van der Waals surface area contributed by atoms with Crippen molar-refractivity contribution in [2.24, 2.45) is 5.92 Å². The van der Waals surface area contributed by atoms with E-state index in [9.17, 15) is 0 Å². The van der Waals surface area contributed by atoms with E-state index in [0.29, 0.717) is 5.92 Å². The highest BCUT2D eigenvalue weighted by Crippen LogP contribution is 2.11. The molecule has 0 saturated carbocycles. The standard InChI is InChI=1S/C14H23N3/c1-11(2)14(15)8-6-4-5-7-13-9-10-16-17-12(13)3/h9-11,15H,4-8H2,1-3H3. The average molecular weight is 233 g/mol. The van der Waals surface area contributed by atoms with Crippen molar-refractivity contribution in [1.82, 2.24) is 10.2 Å².